The molecule has 1 saturated heterocycles. The van der Waals surface area contributed by atoms with Gasteiger partial charge in [-0.1, -0.05) is 281 Å². The van der Waals surface area contributed by atoms with Gasteiger partial charge in [0.25, 0.3) is 0 Å². The van der Waals surface area contributed by atoms with E-state index in [1.54, 1.807) is 6.08 Å². The highest BCUT2D eigenvalue weighted by Gasteiger charge is 2.47. The maximum Gasteiger partial charge on any atom is 0.306 e. The van der Waals surface area contributed by atoms with Gasteiger partial charge in [0.05, 0.1) is 25.4 Å². The molecule has 0 aromatic rings. The topological polar surface area (TPSA) is 175 Å². The molecular formula is C70H129NO10. The number of nitrogens with one attached hydrogen (secondary N) is 1. The molecule has 11 nitrogen and oxygen atoms in total. The molecule has 0 radical (unpaired) electrons. The molecule has 1 amide bonds. The number of esters is 1. The zero-order valence-electron chi connectivity index (χ0n) is 52.7. The van der Waals surface area contributed by atoms with Gasteiger partial charge in [0.15, 0.2) is 12.4 Å². The summed E-state index contributed by atoms with van der Waals surface area (Å²) in [7, 11) is 0. The summed E-state index contributed by atoms with van der Waals surface area (Å²) in [4.78, 5) is 26.6. The summed E-state index contributed by atoms with van der Waals surface area (Å²) in [6, 6.07) is -1.03. The fraction of sp³-hybridized carbons (Fsp3) is 0.857. The van der Waals surface area contributed by atoms with Gasteiger partial charge < -0.3 is 45.1 Å². The van der Waals surface area contributed by atoms with Gasteiger partial charge in [0.1, 0.15) is 24.4 Å². The third-order valence-corrected chi connectivity index (χ3v) is 16.2. The fourth-order valence-electron chi connectivity index (χ4n) is 10.7. The van der Waals surface area contributed by atoms with E-state index in [0.29, 0.717) is 12.8 Å². The third kappa shape index (κ3) is 45.6. The van der Waals surface area contributed by atoms with Crippen LogP contribution in [0.15, 0.2) is 48.6 Å². The Kier molecular flexibility index (Phi) is 54.9. The first-order valence-corrected chi connectivity index (χ1v) is 34.4. The predicted molar refractivity (Wildman–Crippen MR) is 338 cm³/mol. The Labute approximate surface area is 497 Å². The minimum atomic E-state index is -1.61. The molecule has 1 aliphatic heterocycles. The quantitative estimate of drug-likeness (QED) is 0.0195. The molecule has 6 N–H and O–H groups in total. The Balaban J connectivity index is 2.57. The number of unbranched alkanes of at least 4 members (excludes halogenated alkanes) is 39. The Hall–Kier alpha value is -2.38. The third-order valence-electron chi connectivity index (χ3n) is 16.2. The highest BCUT2D eigenvalue weighted by molar-refractivity contribution is 5.80. The molecule has 1 aliphatic rings. The van der Waals surface area contributed by atoms with E-state index in [4.69, 9.17) is 14.2 Å². The summed E-state index contributed by atoms with van der Waals surface area (Å²) in [5.41, 5.74) is 0. The molecule has 474 valence electrons. The number of hydrogen-bond donors (Lipinski definition) is 6. The maximum atomic E-state index is 13.4. The number of amides is 1. The largest absolute Gasteiger partial charge is 0.454 e. The number of carbonyl (C=O) groups excluding carboxylic acids is 2. The molecular weight excluding hydrogens is 1010 g/mol. The van der Waals surface area contributed by atoms with Crippen LogP contribution in [0.4, 0.5) is 0 Å². The van der Waals surface area contributed by atoms with E-state index in [9.17, 15) is 35.1 Å². The van der Waals surface area contributed by atoms with Crippen LogP contribution in [0.2, 0.25) is 0 Å². The van der Waals surface area contributed by atoms with Crippen molar-refractivity contribution in [3.63, 3.8) is 0 Å². The van der Waals surface area contributed by atoms with E-state index in [1.165, 1.54) is 205 Å². The van der Waals surface area contributed by atoms with E-state index >= 15 is 0 Å². The van der Waals surface area contributed by atoms with Crippen LogP contribution in [0.3, 0.4) is 0 Å². The van der Waals surface area contributed by atoms with Crippen molar-refractivity contribution in [1.82, 2.24) is 5.32 Å². The molecule has 0 aromatic carbocycles. The average molecular weight is 1140 g/mol. The van der Waals surface area contributed by atoms with Crippen LogP contribution in [0.5, 0.6) is 0 Å². The maximum absolute atomic E-state index is 13.4. The number of allylic oxidation sites excluding steroid dienone is 7. The van der Waals surface area contributed by atoms with Gasteiger partial charge in [0, 0.05) is 6.42 Å². The number of ether oxygens (including phenoxy) is 3. The van der Waals surface area contributed by atoms with Crippen LogP contribution in [-0.2, 0) is 23.8 Å². The van der Waals surface area contributed by atoms with Crippen molar-refractivity contribution in [2.45, 2.75) is 372 Å². The van der Waals surface area contributed by atoms with Crippen LogP contribution in [0.1, 0.15) is 323 Å². The molecule has 0 aliphatic carbocycles. The SMILES string of the molecule is CCCCC/C=C\C/C=C\CCCCCCCCCCC(O)C(=O)NC(COC1OC(CO)C(O)C(O)C1OC(=O)CCCCCCCCCCCCCCC/C=C/CCCCCCCC)C(O)/C=C/CCCCCCCCCCC. The number of aliphatic hydroxyl groups excluding tert-OH is 5. The summed E-state index contributed by atoms with van der Waals surface area (Å²) in [6.45, 7) is 5.79. The van der Waals surface area contributed by atoms with E-state index < -0.39 is 67.4 Å². The second-order valence-electron chi connectivity index (χ2n) is 23.9. The summed E-state index contributed by atoms with van der Waals surface area (Å²) in [5, 5.41) is 57.1. The van der Waals surface area contributed by atoms with E-state index in [0.717, 1.165) is 70.6 Å². The predicted octanol–water partition coefficient (Wildman–Crippen LogP) is 17.2. The molecule has 0 spiro atoms. The first kappa shape index (κ1) is 76.6. The first-order valence-electron chi connectivity index (χ1n) is 34.4. The average Bonchev–Trinajstić information content (AvgIpc) is 3.51. The van der Waals surface area contributed by atoms with Crippen molar-refractivity contribution in [3.05, 3.63) is 48.6 Å². The van der Waals surface area contributed by atoms with E-state index in [1.807, 2.05) is 6.08 Å². The van der Waals surface area contributed by atoms with Gasteiger partial charge in [0.2, 0.25) is 5.91 Å². The monoisotopic (exact) mass is 1140 g/mol. The van der Waals surface area contributed by atoms with Crippen LogP contribution >= 0.6 is 0 Å². The highest BCUT2D eigenvalue weighted by atomic mass is 16.7. The van der Waals surface area contributed by atoms with Crippen LogP contribution in [0, 0.1) is 0 Å². The van der Waals surface area contributed by atoms with Crippen molar-refractivity contribution in [3.8, 4) is 0 Å². The lowest BCUT2D eigenvalue weighted by Crippen LogP contribution is -2.61. The second-order valence-corrected chi connectivity index (χ2v) is 23.9. The van der Waals surface area contributed by atoms with Crippen LogP contribution in [-0.4, -0.2) is 99.6 Å². The van der Waals surface area contributed by atoms with Crippen LogP contribution in [0.25, 0.3) is 0 Å². The Morgan fingerprint density at radius 1 is 0.481 bits per heavy atom. The van der Waals surface area contributed by atoms with Gasteiger partial charge in [-0.3, -0.25) is 9.59 Å². The van der Waals surface area contributed by atoms with Crippen molar-refractivity contribution < 1.29 is 49.3 Å². The summed E-state index contributed by atoms with van der Waals surface area (Å²) in [6.07, 6.45) is 61.5. The lowest BCUT2D eigenvalue weighted by Gasteiger charge is -2.41. The zero-order valence-corrected chi connectivity index (χ0v) is 52.7. The zero-order chi connectivity index (χ0) is 58.9. The van der Waals surface area contributed by atoms with E-state index in [2.05, 4.69) is 62.5 Å². The smallest absolute Gasteiger partial charge is 0.306 e. The van der Waals surface area contributed by atoms with Crippen LogP contribution < -0.4 is 5.32 Å². The summed E-state index contributed by atoms with van der Waals surface area (Å²) < 4.78 is 17.7. The molecule has 1 rings (SSSR count). The van der Waals surface area contributed by atoms with Gasteiger partial charge >= 0.3 is 5.97 Å². The molecule has 8 unspecified atom stereocenters. The molecule has 1 fully saturated rings. The molecule has 81 heavy (non-hydrogen) atoms. The van der Waals surface area contributed by atoms with Gasteiger partial charge in [-0.2, -0.15) is 0 Å². The molecule has 0 saturated carbocycles. The highest BCUT2D eigenvalue weighted by Crippen LogP contribution is 2.26. The summed E-state index contributed by atoms with van der Waals surface area (Å²) in [5.74, 6) is -1.19. The Bertz CT molecular complexity index is 1500. The first-order chi connectivity index (χ1) is 39.7. The minimum absolute atomic E-state index is 0.125. The standard InChI is InChI=1S/C70H129NO10/c1-4-7-10-13-16-19-22-24-26-28-30-31-32-33-34-36-38-40-43-46-49-52-55-58-65(75)81-68-67(77)66(76)64(59-72)80-70(68)79-60-61(62(73)56-53-50-47-44-41-21-18-15-12-9-6-3)71-69(78)63(74)57-54-51-48-45-42-39-37-35-29-27-25-23-20-17-14-11-8-5-2/h17,20,24-27,53,56,61-64,66-68,70,72-74,76-77H,4-16,18-19,21-23,28-52,54-55,57-60H2,1-3H3,(H,71,78)/b20-17-,26-24+,27-25-,56-53+. The van der Waals surface area contributed by atoms with Crippen molar-refractivity contribution >= 4 is 11.9 Å². The lowest BCUT2D eigenvalue weighted by atomic mass is 9.99. The molecule has 0 aromatic heterocycles. The van der Waals surface area contributed by atoms with E-state index in [-0.39, 0.29) is 19.4 Å². The lowest BCUT2D eigenvalue weighted by molar-refractivity contribution is -0.305. The summed E-state index contributed by atoms with van der Waals surface area (Å²) >= 11 is 0. The van der Waals surface area contributed by atoms with Gasteiger partial charge in [-0.15, -0.1) is 0 Å². The molecule has 1 heterocycles. The van der Waals surface area contributed by atoms with Crippen molar-refractivity contribution in [2.24, 2.45) is 0 Å². The number of carbonyl (C=O) groups is 2. The Morgan fingerprint density at radius 3 is 1.30 bits per heavy atom. The Morgan fingerprint density at radius 2 is 0.852 bits per heavy atom. The molecule has 11 heteroatoms. The van der Waals surface area contributed by atoms with Crippen molar-refractivity contribution in [2.75, 3.05) is 13.2 Å². The number of rotatable bonds is 59. The molecule has 0 bridgehead atoms. The number of aliphatic hydroxyl groups is 5. The second kappa shape index (κ2) is 58.0. The normalized spacial score (nSPS) is 18.9. The van der Waals surface area contributed by atoms with Gasteiger partial charge in [-0.25, -0.2) is 0 Å². The fourth-order valence-corrected chi connectivity index (χ4v) is 10.7. The molecule has 8 atom stereocenters. The minimum Gasteiger partial charge on any atom is -0.454 e. The number of hydrogen-bond acceptors (Lipinski definition) is 10. The van der Waals surface area contributed by atoms with Gasteiger partial charge in [-0.05, 0) is 83.5 Å². The van der Waals surface area contributed by atoms with Crippen molar-refractivity contribution in [1.29, 1.82) is 0 Å².